The molecule has 0 saturated heterocycles. The molecule has 0 aliphatic heterocycles. The first-order valence-corrected chi connectivity index (χ1v) is 9.99. The minimum absolute atomic E-state index is 0. The van der Waals surface area contributed by atoms with E-state index in [-0.39, 0.29) is 29.3 Å². The molecule has 0 bridgehead atoms. The largest absolute Gasteiger partial charge is 0.348 e. The van der Waals surface area contributed by atoms with E-state index >= 15 is 0 Å². The molecule has 0 spiro atoms. The fourth-order valence-corrected chi connectivity index (χ4v) is 3.66. The Labute approximate surface area is 167 Å². The van der Waals surface area contributed by atoms with Crippen LogP contribution in [0.4, 0.5) is 5.69 Å². The van der Waals surface area contributed by atoms with Crippen LogP contribution in [0, 0.1) is 5.92 Å². The number of benzene rings is 2. The lowest BCUT2D eigenvalue weighted by Crippen LogP contribution is -2.41. The minimum atomic E-state index is -3.70. The van der Waals surface area contributed by atoms with Crippen LogP contribution in [0.5, 0.6) is 0 Å². The van der Waals surface area contributed by atoms with Crippen molar-refractivity contribution in [2.45, 2.75) is 31.2 Å². The molecule has 0 heterocycles. The molecule has 1 amide bonds. The summed E-state index contributed by atoms with van der Waals surface area (Å²) in [7, 11) is -3.70. The second kappa shape index (κ2) is 10.3. The molecular formula is C19H26ClN3O3S. The van der Waals surface area contributed by atoms with Gasteiger partial charge in [0.25, 0.3) is 15.9 Å². The van der Waals surface area contributed by atoms with Gasteiger partial charge in [-0.15, -0.1) is 12.4 Å². The molecule has 27 heavy (non-hydrogen) atoms. The molecule has 4 N–H and O–H groups in total. The lowest BCUT2D eigenvalue weighted by molar-refractivity contribution is 0.0934. The topological polar surface area (TPSA) is 101 Å². The number of anilines is 1. The highest BCUT2D eigenvalue weighted by atomic mass is 35.5. The molecule has 0 aliphatic rings. The van der Waals surface area contributed by atoms with Crippen molar-refractivity contribution >= 4 is 34.0 Å². The Hall–Kier alpha value is -2.09. The number of hydrogen-bond acceptors (Lipinski definition) is 4. The number of carbonyl (C=O) groups is 1. The molecule has 0 aromatic heterocycles. The van der Waals surface area contributed by atoms with E-state index in [4.69, 9.17) is 5.73 Å². The van der Waals surface area contributed by atoms with E-state index in [1.165, 1.54) is 18.2 Å². The van der Waals surface area contributed by atoms with E-state index in [9.17, 15) is 13.2 Å². The Morgan fingerprint density at radius 2 is 1.74 bits per heavy atom. The van der Waals surface area contributed by atoms with Gasteiger partial charge in [0.2, 0.25) is 0 Å². The van der Waals surface area contributed by atoms with Crippen molar-refractivity contribution in [2.75, 3.05) is 11.3 Å². The molecule has 2 aromatic rings. The first kappa shape index (κ1) is 23.0. The predicted molar refractivity (Wildman–Crippen MR) is 111 cm³/mol. The molecule has 0 saturated carbocycles. The number of rotatable bonds is 8. The number of carbonyl (C=O) groups excluding carboxylic acids is 1. The maximum Gasteiger partial charge on any atom is 0.261 e. The molecule has 148 valence electrons. The van der Waals surface area contributed by atoms with E-state index in [1.807, 2.05) is 0 Å². The quantitative estimate of drug-likeness (QED) is 0.621. The summed E-state index contributed by atoms with van der Waals surface area (Å²) in [5.74, 6) is 0.134. The Morgan fingerprint density at radius 1 is 1.07 bits per heavy atom. The first-order chi connectivity index (χ1) is 12.3. The fourth-order valence-electron chi connectivity index (χ4n) is 2.59. The normalized spacial score (nSPS) is 12.1. The molecule has 1 atom stereocenters. The van der Waals surface area contributed by atoms with Crippen LogP contribution in [0.2, 0.25) is 0 Å². The van der Waals surface area contributed by atoms with Gasteiger partial charge in [0, 0.05) is 23.8 Å². The number of sulfonamides is 1. The van der Waals surface area contributed by atoms with Crippen LogP contribution >= 0.6 is 12.4 Å². The van der Waals surface area contributed by atoms with Gasteiger partial charge in [-0.1, -0.05) is 38.1 Å². The average Bonchev–Trinajstić information content (AvgIpc) is 2.61. The van der Waals surface area contributed by atoms with E-state index in [0.29, 0.717) is 23.7 Å². The third kappa shape index (κ3) is 6.86. The highest BCUT2D eigenvalue weighted by Crippen LogP contribution is 2.17. The highest BCUT2D eigenvalue weighted by Gasteiger charge is 2.16. The van der Waals surface area contributed by atoms with Gasteiger partial charge in [-0.25, -0.2) is 8.42 Å². The SMILES string of the molecule is CC(C)CC(CN)NC(=O)c1cccc(NS(=O)(=O)c2ccccc2)c1.Cl. The smallest absolute Gasteiger partial charge is 0.261 e. The van der Waals surface area contributed by atoms with Crippen LogP contribution in [-0.2, 0) is 10.0 Å². The summed E-state index contributed by atoms with van der Waals surface area (Å²) in [4.78, 5) is 12.6. The number of nitrogens with one attached hydrogen (secondary N) is 2. The van der Waals surface area contributed by atoms with Crippen molar-refractivity contribution in [2.24, 2.45) is 11.7 Å². The van der Waals surface area contributed by atoms with Crippen molar-refractivity contribution in [1.29, 1.82) is 0 Å². The Balaban J connectivity index is 0.00000364. The van der Waals surface area contributed by atoms with E-state index in [2.05, 4.69) is 23.9 Å². The second-order valence-electron chi connectivity index (χ2n) is 6.53. The summed E-state index contributed by atoms with van der Waals surface area (Å²) in [6.45, 7) is 4.48. The summed E-state index contributed by atoms with van der Waals surface area (Å²) >= 11 is 0. The van der Waals surface area contributed by atoms with Crippen LogP contribution in [0.1, 0.15) is 30.6 Å². The minimum Gasteiger partial charge on any atom is -0.348 e. The summed E-state index contributed by atoms with van der Waals surface area (Å²) in [6, 6.07) is 14.3. The summed E-state index contributed by atoms with van der Waals surface area (Å²) < 4.78 is 27.3. The van der Waals surface area contributed by atoms with Gasteiger partial charge in [0.15, 0.2) is 0 Å². The molecule has 0 radical (unpaired) electrons. The molecule has 2 aromatic carbocycles. The van der Waals surface area contributed by atoms with Gasteiger partial charge in [0.1, 0.15) is 0 Å². The second-order valence-corrected chi connectivity index (χ2v) is 8.22. The first-order valence-electron chi connectivity index (χ1n) is 8.50. The van der Waals surface area contributed by atoms with Gasteiger partial charge in [0.05, 0.1) is 4.90 Å². The number of halogens is 1. The molecule has 0 fully saturated rings. The number of hydrogen-bond donors (Lipinski definition) is 3. The summed E-state index contributed by atoms with van der Waals surface area (Å²) in [6.07, 6.45) is 0.780. The lowest BCUT2D eigenvalue weighted by Gasteiger charge is -2.19. The zero-order chi connectivity index (χ0) is 19.2. The fraction of sp³-hybridized carbons (Fsp3) is 0.316. The third-order valence-electron chi connectivity index (χ3n) is 3.81. The van der Waals surface area contributed by atoms with Gasteiger partial charge in [-0.3, -0.25) is 9.52 Å². The Bertz CT molecular complexity index is 842. The van der Waals surface area contributed by atoms with Gasteiger partial charge >= 0.3 is 0 Å². The van der Waals surface area contributed by atoms with Crippen LogP contribution in [0.25, 0.3) is 0 Å². The van der Waals surface area contributed by atoms with Crippen molar-refractivity contribution in [3.63, 3.8) is 0 Å². The number of amides is 1. The maximum absolute atomic E-state index is 12.4. The van der Waals surface area contributed by atoms with Crippen molar-refractivity contribution in [3.8, 4) is 0 Å². The van der Waals surface area contributed by atoms with Gasteiger partial charge in [-0.2, -0.15) is 0 Å². The Morgan fingerprint density at radius 3 is 2.33 bits per heavy atom. The van der Waals surface area contributed by atoms with E-state index < -0.39 is 10.0 Å². The van der Waals surface area contributed by atoms with Gasteiger partial charge in [-0.05, 0) is 42.7 Å². The molecule has 2 rings (SSSR count). The highest BCUT2D eigenvalue weighted by molar-refractivity contribution is 7.92. The molecule has 0 aliphatic carbocycles. The van der Waals surface area contributed by atoms with Gasteiger partial charge < -0.3 is 11.1 Å². The molecule has 1 unspecified atom stereocenters. The zero-order valence-corrected chi connectivity index (χ0v) is 17.0. The standard InChI is InChI=1S/C19H25N3O3S.ClH/c1-14(2)11-17(13-20)21-19(23)15-7-6-8-16(12-15)22-26(24,25)18-9-4-3-5-10-18;/h3-10,12,14,17,22H,11,13,20H2,1-2H3,(H,21,23);1H. The summed E-state index contributed by atoms with van der Waals surface area (Å²) in [5, 5.41) is 2.89. The predicted octanol–water partition coefficient (Wildman–Crippen LogP) is 3.01. The van der Waals surface area contributed by atoms with Crippen LogP contribution < -0.4 is 15.8 Å². The average molecular weight is 412 g/mol. The van der Waals surface area contributed by atoms with E-state index in [0.717, 1.165) is 6.42 Å². The van der Waals surface area contributed by atoms with Crippen LogP contribution in [0.3, 0.4) is 0 Å². The Kier molecular flexibility index (Phi) is 8.75. The van der Waals surface area contributed by atoms with Crippen LogP contribution in [-0.4, -0.2) is 26.9 Å². The van der Waals surface area contributed by atoms with Crippen molar-refractivity contribution in [1.82, 2.24) is 5.32 Å². The number of nitrogens with two attached hydrogens (primary N) is 1. The van der Waals surface area contributed by atoms with Crippen molar-refractivity contribution in [3.05, 3.63) is 60.2 Å². The maximum atomic E-state index is 12.4. The summed E-state index contributed by atoms with van der Waals surface area (Å²) in [5.41, 5.74) is 6.42. The van der Waals surface area contributed by atoms with Crippen LogP contribution in [0.15, 0.2) is 59.5 Å². The lowest BCUT2D eigenvalue weighted by atomic mass is 10.0. The third-order valence-corrected chi connectivity index (χ3v) is 5.20. The molecule has 8 heteroatoms. The monoisotopic (exact) mass is 411 g/mol. The van der Waals surface area contributed by atoms with E-state index in [1.54, 1.807) is 36.4 Å². The zero-order valence-electron chi connectivity index (χ0n) is 15.4. The molecular weight excluding hydrogens is 386 g/mol. The van der Waals surface area contributed by atoms with Crippen molar-refractivity contribution < 1.29 is 13.2 Å². The molecule has 6 nitrogen and oxygen atoms in total.